The molecule has 0 aromatic rings. The third-order valence-corrected chi connectivity index (χ3v) is 4.24. The second-order valence-corrected chi connectivity index (χ2v) is 6.30. The van der Waals surface area contributed by atoms with Crippen LogP contribution in [0, 0.1) is 5.92 Å². The topological polar surface area (TPSA) is 63.6 Å². The number of esters is 1. The first-order valence-corrected chi connectivity index (χ1v) is 8.28. The Morgan fingerprint density at radius 2 is 1.89 bits per heavy atom. The van der Waals surface area contributed by atoms with E-state index in [1.54, 1.807) is 0 Å². The van der Waals surface area contributed by atoms with Gasteiger partial charge in [-0.3, -0.25) is 9.59 Å². The first-order valence-electron chi connectivity index (χ1n) is 7.03. The lowest BCUT2D eigenvalue weighted by Gasteiger charge is -2.16. The third-order valence-electron chi connectivity index (χ3n) is 3.11. The minimum absolute atomic E-state index is 0.112. The zero-order valence-corrected chi connectivity index (χ0v) is 14.0. The van der Waals surface area contributed by atoms with Gasteiger partial charge in [-0.2, -0.15) is 0 Å². The van der Waals surface area contributed by atoms with Crippen molar-refractivity contribution in [2.45, 2.75) is 62.7 Å². The Bertz CT molecular complexity index is 268. The summed E-state index contributed by atoms with van der Waals surface area (Å²) >= 11 is 2.03. The molecule has 0 aliphatic carbocycles. The van der Waals surface area contributed by atoms with Crippen LogP contribution < -0.4 is 0 Å². The maximum Gasteiger partial charge on any atom is 0.318 e. The van der Waals surface area contributed by atoms with E-state index in [-0.39, 0.29) is 16.3 Å². The van der Waals surface area contributed by atoms with E-state index in [4.69, 9.17) is 9.84 Å². The highest BCUT2D eigenvalue weighted by atomic mass is 127. The van der Waals surface area contributed by atoms with Crippen LogP contribution in [0.2, 0.25) is 0 Å². The monoisotopic (exact) mass is 384 g/mol. The summed E-state index contributed by atoms with van der Waals surface area (Å²) in [5.41, 5.74) is 0. The molecule has 5 heteroatoms. The fraction of sp³-hybridized carbons (Fsp3) is 0.857. The van der Waals surface area contributed by atoms with Crippen LogP contribution in [-0.4, -0.2) is 27.6 Å². The van der Waals surface area contributed by atoms with Crippen molar-refractivity contribution in [2.75, 3.05) is 6.61 Å². The molecule has 112 valence electrons. The summed E-state index contributed by atoms with van der Waals surface area (Å²) in [4.78, 5) is 22.1. The van der Waals surface area contributed by atoms with E-state index < -0.39 is 5.97 Å². The van der Waals surface area contributed by atoms with Gasteiger partial charge in [0.15, 0.2) is 0 Å². The Morgan fingerprint density at radius 1 is 1.21 bits per heavy atom. The normalized spacial score (nSPS) is 13.8. The quantitative estimate of drug-likeness (QED) is 0.334. The third kappa shape index (κ3) is 10.2. The molecule has 0 aromatic carbocycles. The van der Waals surface area contributed by atoms with Gasteiger partial charge < -0.3 is 9.84 Å². The van der Waals surface area contributed by atoms with Crippen molar-refractivity contribution in [3.63, 3.8) is 0 Å². The van der Waals surface area contributed by atoms with Crippen LogP contribution in [0.4, 0.5) is 0 Å². The number of aliphatic carboxylic acids is 1. The van der Waals surface area contributed by atoms with Crippen LogP contribution in [0.15, 0.2) is 0 Å². The molecule has 2 unspecified atom stereocenters. The number of ether oxygens (including phenoxy) is 1. The lowest BCUT2D eigenvalue weighted by molar-refractivity contribution is -0.144. The molecular formula is C14H25IO4. The number of carboxylic acids is 1. The van der Waals surface area contributed by atoms with Crippen LogP contribution in [0.1, 0.15) is 58.8 Å². The number of hydrogen-bond donors (Lipinski definition) is 1. The molecule has 0 aliphatic heterocycles. The molecule has 0 saturated carbocycles. The molecule has 0 bridgehead atoms. The van der Waals surface area contributed by atoms with Crippen molar-refractivity contribution in [1.82, 2.24) is 0 Å². The first-order chi connectivity index (χ1) is 9.01. The minimum Gasteiger partial charge on any atom is -0.481 e. The highest BCUT2D eigenvalue weighted by Crippen LogP contribution is 2.16. The smallest absolute Gasteiger partial charge is 0.318 e. The number of carbonyl (C=O) groups is 2. The average Bonchev–Trinajstić information content (AvgIpc) is 2.38. The molecule has 0 aliphatic rings. The molecule has 0 radical (unpaired) electrons. The number of hydrogen-bond acceptors (Lipinski definition) is 3. The van der Waals surface area contributed by atoms with Crippen LogP contribution in [0.25, 0.3) is 0 Å². The predicted molar refractivity (Wildman–Crippen MR) is 83.6 cm³/mol. The van der Waals surface area contributed by atoms with Crippen molar-refractivity contribution in [3.8, 4) is 0 Å². The number of halogens is 1. The SMILES string of the molecule is CCCCC(CC)COC(=O)C(I)CCCC(=O)O. The van der Waals surface area contributed by atoms with Gasteiger partial charge in [-0.15, -0.1) is 0 Å². The lowest BCUT2D eigenvalue weighted by atomic mass is 10.0. The highest BCUT2D eigenvalue weighted by molar-refractivity contribution is 14.1. The molecule has 0 amide bonds. The Balaban J connectivity index is 3.84. The van der Waals surface area contributed by atoms with Gasteiger partial charge in [0.25, 0.3) is 0 Å². The predicted octanol–water partition coefficient (Wildman–Crippen LogP) is 3.80. The second kappa shape index (κ2) is 11.5. The lowest BCUT2D eigenvalue weighted by Crippen LogP contribution is -2.21. The molecule has 0 aromatic heterocycles. The van der Waals surface area contributed by atoms with Crippen LogP contribution >= 0.6 is 22.6 Å². The average molecular weight is 384 g/mol. The molecular weight excluding hydrogens is 359 g/mol. The van der Waals surface area contributed by atoms with E-state index in [0.29, 0.717) is 25.4 Å². The molecule has 4 nitrogen and oxygen atoms in total. The van der Waals surface area contributed by atoms with Crippen LogP contribution in [-0.2, 0) is 14.3 Å². The molecule has 0 fully saturated rings. The summed E-state index contributed by atoms with van der Waals surface area (Å²) < 4.78 is 5.08. The first kappa shape index (κ1) is 18.7. The zero-order valence-electron chi connectivity index (χ0n) is 11.9. The summed E-state index contributed by atoms with van der Waals surface area (Å²) in [6.45, 7) is 4.76. The zero-order chi connectivity index (χ0) is 14.7. The number of carboxylic acid groups (broad SMARTS) is 1. The maximum absolute atomic E-state index is 11.7. The molecule has 2 atom stereocenters. The summed E-state index contributed by atoms with van der Waals surface area (Å²) in [7, 11) is 0. The van der Waals surface area contributed by atoms with Gasteiger partial charge in [-0.05, 0) is 25.2 Å². The minimum atomic E-state index is -0.817. The number of unbranched alkanes of at least 4 members (excludes halogenated alkanes) is 1. The fourth-order valence-electron chi connectivity index (χ4n) is 1.74. The summed E-state index contributed by atoms with van der Waals surface area (Å²) in [5.74, 6) is -0.574. The Kier molecular flexibility index (Phi) is 11.3. The molecule has 0 rings (SSSR count). The fourth-order valence-corrected chi connectivity index (χ4v) is 2.36. The molecule has 1 N–H and O–H groups in total. The van der Waals surface area contributed by atoms with Crippen molar-refractivity contribution >= 4 is 34.5 Å². The molecule has 0 spiro atoms. The van der Waals surface area contributed by atoms with Crippen molar-refractivity contribution in [2.24, 2.45) is 5.92 Å². The highest BCUT2D eigenvalue weighted by Gasteiger charge is 2.18. The van der Waals surface area contributed by atoms with Gasteiger partial charge in [0.1, 0.15) is 3.92 Å². The second-order valence-electron chi connectivity index (χ2n) is 4.80. The standard InChI is InChI=1S/C14H25IO4/c1-3-5-7-11(4-2)10-19-14(18)12(15)8-6-9-13(16)17/h11-12H,3-10H2,1-2H3,(H,16,17). The van der Waals surface area contributed by atoms with Crippen LogP contribution in [0.3, 0.4) is 0 Å². The molecule has 0 saturated heterocycles. The van der Waals surface area contributed by atoms with E-state index in [1.807, 2.05) is 22.6 Å². The summed E-state index contributed by atoms with van der Waals surface area (Å²) in [6.07, 6.45) is 5.66. The number of carbonyl (C=O) groups excluding carboxylic acids is 1. The van der Waals surface area contributed by atoms with Gasteiger partial charge in [0, 0.05) is 6.42 Å². The molecule has 0 heterocycles. The Morgan fingerprint density at radius 3 is 2.42 bits per heavy atom. The van der Waals surface area contributed by atoms with E-state index in [1.165, 1.54) is 6.42 Å². The number of alkyl halides is 1. The maximum atomic E-state index is 11.7. The van der Waals surface area contributed by atoms with Gasteiger partial charge in [0.2, 0.25) is 0 Å². The molecule has 19 heavy (non-hydrogen) atoms. The van der Waals surface area contributed by atoms with E-state index in [2.05, 4.69) is 13.8 Å². The van der Waals surface area contributed by atoms with Crippen molar-refractivity contribution in [1.29, 1.82) is 0 Å². The largest absolute Gasteiger partial charge is 0.481 e. The van der Waals surface area contributed by atoms with Crippen LogP contribution in [0.5, 0.6) is 0 Å². The van der Waals surface area contributed by atoms with Crippen molar-refractivity contribution in [3.05, 3.63) is 0 Å². The van der Waals surface area contributed by atoms with Gasteiger partial charge in [-0.25, -0.2) is 0 Å². The number of rotatable bonds is 11. The van der Waals surface area contributed by atoms with E-state index >= 15 is 0 Å². The Labute approximate surface area is 129 Å². The van der Waals surface area contributed by atoms with Gasteiger partial charge in [0.05, 0.1) is 6.61 Å². The van der Waals surface area contributed by atoms with E-state index in [0.717, 1.165) is 19.3 Å². The summed E-state index contributed by atoms with van der Waals surface area (Å²) in [5, 5.41) is 8.54. The van der Waals surface area contributed by atoms with Crippen molar-refractivity contribution < 1.29 is 19.4 Å². The van der Waals surface area contributed by atoms with Gasteiger partial charge in [-0.1, -0.05) is 55.7 Å². The van der Waals surface area contributed by atoms with Gasteiger partial charge >= 0.3 is 11.9 Å². The Hall–Kier alpha value is -0.330. The summed E-state index contributed by atoms with van der Waals surface area (Å²) in [6, 6.07) is 0. The van der Waals surface area contributed by atoms with E-state index in [9.17, 15) is 9.59 Å².